The molecule has 0 aliphatic carbocycles. The lowest BCUT2D eigenvalue weighted by atomic mass is 10.4. The summed E-state index contributed by atoms with van der Waals surface area (Å²) in [4.78, 5) is 10.6. The van der Waals surface area contributed by atoms with Gasteiger partial charge in [0.1, 0.15) is 11.6 Å². The van der Waals surface area contributed by atoms with Crippen LogP contribution in [0.15, 0.2) is 12.3 Å². The molecule has 0 saturated carbocycles. The highest BCUT2D eigenvalue weighted by Gasteiger charge is 2.04. The van der Waals surface area contributed by atoms with Crippen molar-refractivity contribution in [1.29, 1.82) is 0 Å². The largest absolute Gasteiger partial charge is 0.356 e. The topological polar surface area (TPSA) is 29.0 Å². The smallest absolute Gasteiger partial charge is 0.132 e. The highest BCUT2D eigenvalue weighted by molar-refractivity contribution is 9.09. The molecule has 1 aromatic heterocycles. The summed E-state index contributed by atoms with van der Waals surface area (Å²) in [6.07, 6.45) is 1.80. The Balaban J connectivity index is 2.78. The second-order valence-corrected chi connectivity index (χ2v) is 3.52. The number of nitrogens with zero attached hydrogens (tertiary/aromatic N) is 3. The first kappa shape index (κ1) is 10.4. The maximum Gasteiger partial charge on any atom is 0.132 e. The van der Waals surface area contributed by atoms with Gasteiger partial charge in [-0.1, -0.05) is 15.9 Å². The molecule has 0 aliphatic heterocycles. The molecule has 13 heavy (non-hydrogen) atoms. The summed E-state index contributed by atoms with van der Waals surface area (Å²) in [6, 6.07) is 1.94. The Hall–Kier alpha value is -0.640. The number of rotatable bonds is 4. The molecule has 1 rings (SSSR count). The number of anilines is 1. The summed E-state index contributed by atoms with van der Waals surface area (Å²) in [6.45, 7) is 5.99. The molecular formula is C9H14BrN3. The Bertz CT molecular complexity index is 265. The van der Waals surface area contributed by atoms with Crippen molar-refractivity contribution < 1.29 is 0 Å². The van der Waals surface area contributed by atoms with Crippen molar-refractivity contribution in [3.8, 4) is 0 Å². The van der Waals surface area contributed by atoms with Gasteiger partial charge >= 0.3 is 0 Å². The molecule has 72 valence electrons. The van der Waals surface area contributed by atoms with Gasteiger partial charge in [-0.25, -0.2) is 9.97 Å². The van der Waals surface area contributed by atoms with E-state index in [1.165, 1.54) is 0 Å². The molecule has 0 aromatic carbocycles. The van der Waals surface area contributed by atoms with Gasteiger partial charge in [0.2, 0.25) is 0 Å². The maximum absolute atomic E-state index is 4.36. The van der Waals surface area contributed by atoms with Crippen molar-refractivity contribution in [3.63, 3.8) is 0 Å². The van der Waals surface area contributed by atoms with Crippen LogP contribution in [-0.2, 0) is 0 Å². The van der Waals surface area contributed by atoms with Gasteiger partial charge in [0.05, 0.1) is 0 Å². The molecule has 0 amide bonds. The Morgan fingerprint density at radius 1 is 1.54 bits per heavy atom. The van der Waals surface area contributed by atoms with Gasteiger partial charge in [-0.2, -0.15) is 0 Å². The van der Waals surface area contributed by atoms with Gasteiger partial charge in [-0.05, 0) is 19.9 Å². The van der Waals surface area contributed by atoms with Crippen molar-refractivity contribution in [2.75, 3.05) is 23.3 Å². The predicted octanol–water partition coefficient (Wildman–Crippen LogP) is 2.01. The lowest BCUT2D eigenvalue weighted by molar-refractivity contribution is 0.841. The summed E-state index contributed by atoms with van der Waals surface area (Å²) in [7, 11) is 0. The third kappa shape index (κ3) is 2.95. The van der Waals surface area contributed by atoms with Crippen molar-refractivity contribution in [1.82, 2.24) is 9.97 Å². The van der Waals surface area contributed by atoms with Crippen molar-refractivity contribution in [3.05, 3.63) is 18.1 Å². The van der Waals surface area contributed by atoms with Gasteiger partial charge < -0.3 is 4.90 Å². The first-order valence-corrected chi connectivity index (χ1v) is 5.50. The molecule has 0 N–H and O–H groups in total. The monoisotopic (exact) mass is 243 g/mol. The van der Waals surface area contributed by atoms with Crippen LogP contribution in [0.1, 0.15) is 12.7 Å². The van der Waals surface area contributed by atoms with Crippen LogP contribution in [-0.4, -0.2) is 28.4 Å². The van der Waals surface area contributed by atoms with Crippen LogP contribution in [0.2, 0.25) is 0 Å². The zero-order valence-corrected chi connectivity index (χ0v) is 9.58. The van der Waals surface area contributed by atoms with Crippen molar-refractivity contribution >= 4 is 21.7 Å². The van der Waals surface area contributed by atoms with E-state index in [0.717, 1.165) is 30.1 Å². The summed E-state index contributed by atoms with van der Waals surface area (Å²) in [5, 5.41) is 0.962. The average Bonchev–Trinajstić information content (AvgIpc) is 2.14. The van der Waals surface area contributed by atoms with E-state index >= 15 is 0 Å². The molecule has 0 aliphatic rings. The Morgan fingerprint density at radius 3 is 2.85 bits per heavy atom. The minimum atomic E-state index is 0.825. The predicted molar refractivity (Wildman–Crippen MR) is 58.5 cm³/mol. The summed E-state index contributed by atoms with van der Waals surface area (Å²) < 4.78 is 0. The Morgan fingerprint density at radius 2 is 2.31 bits per heavy atom. The quantitative estimate of drug-likeness (QED) is 0.758. The first-order chi connectivity index (χ1) is 6.27. The molecule has 0 bridgehead atoms. The van der Waals surface area contributed by atoms with Crippen LogP contribution in [0.5, 0.6) is 0 Å². The van der Waals surface area contributed by atoms with E-state index in [1.54, 1.807) is 6.20 Å². The molecule has 1 heterocycles. The molecular weight excluding hydrogens is 230 g/mol. The summed E-state index contributed by atoms with van der Waals surface area (Å²) in [5.74, 6) is 1.83. The number of hydrogen-bond acceptors (Lipinski definition) is 3. The highest BCUT2D eigenvalue weighted by Crippen LogP contribution is 2.09. The lowest BCUT2D eigenvalue weighted by Crippen LogP contribution is -2.25. The third-order valence-electron chi connectivity index (χ3n) is 1.82. The number of halogens is 1. The molecule has 4 heteroatoms. The van der Waals surface area contributed by atoms with E-state index in [2.05, 4.69) is 37.7 Å². The molecule has 0 saturated heterocycles. The van der Waals surface area contributed by atoms with Crippen LogP contribution in [0, 0.1) is 6.92 Å². The van der Waals surface area contributed by atoms with Gasteiger partial charge in [0, 0.05) is 24.6 Å². The zero-order valence-electron chi connectivity index (χ0n) is 8.00. The zero-order chi connectivity index (χ0) is 9.68. The standard InChI is InChI=1S/C9H14BrN3/c1-3-13(7-5-10)9-4-6-11-8(2)12-9/h4,6H,3,5,7H2,1-2H3. The number of hydrogen-bond donors (Lipinski definition) is 0. The van der Waals surface area contributed by atoms with E-state index in [9.17, 15) is 0 Å². The lowest BCUT2D eigenvalue weighted by Gasteiger charge is -2.20. The third-order valence-corrected chi connectivity index (χ3v) is 2.18. The van der Waals surface area contributed by atoms with Crippen LogP contribution >= 0.6 is 15.9 Å². The van der Waals surface area contributed by atoms with E-state index in [4.69, 9.17) is 0 Å². The summed E-state index contributed by atoms with van der Waals surface area (Å²) in [5.41, 5.74) is 0. The number of aryl methyl sites for hydroxylation is 1. The minimum Gasteiger partial charge on any atom is -0.356 e. The van der Waals surface area contributed by atoms with E-state index in [1.807, 2.05) is 13.0 Å². The van der Waals surface area contributed by atoms with E-state index in [0.29, 0.717) is 0 Å². The molecule has 3 nitrogen and oxygen atoms in total. The van der Waals surface area contributed by atoms with Crippen molar-refractivity contribution in [2.45, 2.75) is 13.8 Å². The minimum absolute atomic E-state index is 0.825. The summed E-state index contributed by atoms with van der Waals surface area (Å²) >= 11 is 3.42. The van der Waals surface area contributed by atoms with E-state index in [-0.39, 0.29) is 0 Å². The molecule has 0 unspecified atom stereocenters. The van der Waals surface area contributed by atoms with Gasteiger partial charge in [-0.15, -0.1) is 0 Å². The fourth-order valence-electron chi connectivity index (χ4n) is 1.16. The maximum atomic E-state index is 4.36. The molecule has 0 spiro atoms. The molecule has 0 radical (unpaired) electrons. The van der Waals surface area contributed by atoms with Gasteiger partial charge in [-0.3, -0.25) is 0 Å². The van der Waals surface area contributed by atoms with E-state index < -0.39 is 0 Å². The van der Waals surface area contributed by atoms with Crippen LogP contribution < -0.4 is 4.90 Å². The van der Waals surface area contributed by atoms with Crippen molar-refractivity contribution in [2.24, 2.45) is 0 Å². The second kappa shape index (κ2) is 5.17. The fraction of sp³-hybridized carbons (Fsp3) is 0.556. The molecule has 1 aromatic rings. The number of aromatic nitrogens is 2. The number of alkyl halides is 1. The fourth-order valence-corrected chi connectivity index (χ4v) is 1.58. The van der Waals surface area contributed by atoms with Gasteiger partial charge in [0.15, 0.2) is 0 Å². The first-order valence-electron chi connectivity index (χ1n) is 4.38. The van der Waals surface area contributed by atoms with Gasteiger partial charge in [0.25, 0.3) is 0 Å². The van der Waals surface area contributed by atoms with Crippen LogP contribution in [0.3, 0.4) is 0 Å². The molecule has 0 atom stereocenters. The average molecular weight is 244 g/mol. The molecule has 0 fully saturated rings. The Kier molecular flexibility index (Phi) is 4.15. The highest BCUT2D eigenvalue weighted by atomic mass is 79.9. The Labute approximate surface area is 87.3 Å². The normalized spacial score (nSPS) is 10.1. The van der Waals surface area contributed by atoms with Crippen LogP contribution in [0.25, 0.3) is 0 Å². The second-order valence-electron chi connectivity index (χ2n) is 2.73. The SMILES string of the molecule is CCN(CCBr)c1ccnc(C)n1. The van der Waals surface area contributed by atoms with Crippen LogP contribution in [0.4, 0.5) is 5.82 Å².